The second-order valence-corrected chi connectivity index (χ2v) is 4.75. The van der Waals surface area contributed by atoms with Gasteiger partial charge in [0.15, 0.2) is 0 Å². The van der Waals surface area contributed by atoms with Crippen LogP contribution in [0.2, 0.25) is 5.02 Å². The Bertz CT molecular complexity index is 693. The second-order valence-electron chi connectivity index (χ2n) is 4.34. The van der Waals surface area contributed by atoms with Crippen LogP contribution >= 0.6 is 11.6 Å². The fraction of sp³-hybridized carbons (Fsp3) is 0.133. The first-order valence-electron chi connectivity index (χ1n) is 5.89. The zero-order chi connectivity index (χ0) is 14.7. The molecule has 0 radical (unpaired) electrons. The van der Waals surface area contributed by atoms with Crippen molar-refractivity contribution in [2.45, 2.75) is 13.5 Å². The zero-order valence-electron chi connectivity index (χ0n) is 10.7. The van der Waals surface area contributed by atoms with Crippen LogP contribution in [0.25, 0.3) is 0 Å². The molecule has 2 aromatic carbocycles. The lowest BCUT2D eigenvalue weighted by atomic mass is 10.1. The molecule has 20 heavy (non-hydrogen) atoms. The maximum absolute atomic E-state index is 13.6. The third kappa shape index (κ3) is 3.06. The van der Waals surface area contributed by atoms with Gasteiger partial charge in [0.05, 0.1) is 16.7 Å². The van der Waals surface area contributed by atoms with Gasteiger partial charge in [-0.15, -0.1) is 0 Å². The van der Waals surface area contributed by atoms with E-state index in [2.05, 4.69) is 5.32 Å². The number of hydrogen-bond acceptors (Lipinski definition) is 2. The van der Waals surface area contributed by atoms with Crippen molar-refractivity contribution in [3.63, 3.8) is 0 Å². The lowest BCUT2D eigenvalue weighted by Gasteiger charge is -2.11. The lowest BCUT2D eigenvalue weighted by molar-refractivity contribution is 0.618. The van der Waals surface area contributed by atoms with E-state index in [0.29, 0.717) is 17.8 Å². The van der Waals surface area contributed by atoms with Gasteiger partial charge in [-0.2, -0.15) is 5.26 Å². The summed E-state index contributed by atoms with van der Waals surface area (Å²) in [6, 6.07) is 9.03. The van der Waals surface area contributed by atoms with Crippen molar-refractivity contribution < 1.29 is 8.78 Å². The highest BCUT2D eigenvalue weighted by Crippen LogP contribution is 2.22. The molecule has 0 aromatic heterocycles. The molecule has 5 heteroatoms. The van der Waals surface area contributed by atoms with E-state index in [1.54, 1.807) is 19.1 Å². The van der Waals surface area contributed by atoms with Crippen molar-refractivity contribution in [3.8, 4) is 6.07 Å². The summed E-state index contributed by atoms with van der Waals surface area (Å²) >= 11 is 5.69. The summed E-state index contributed by atoms with van der Waals surface area (Å²) in [7, 11) is 0. The predicted molar refractivity (Wildman–Crippen MR) is 74.6 cm³/mol. The van der Waals surface area contributed by atoms with Crippen LogP contribution in [0.4, 0.5) is 14.5 Å². The number of anilines is 1. The Balaban J connectivity index is 2.20. The molecule has 2 aromatic rings. The normalized spacial score (nSPS) is 10.2. The summed E-state index contributed by atoms with van der Waals surface area (Å²) in [5.74, 6) is -0.923. The molecule has 0 fully saturated rings. The average molecular weight is 293 g/mol. The minimum Gasteiger partial charge on any atom is -0.381 e. The van der Waals surface area contributed by atoms with Crippen LogP contribution in [0, 0.1) is 29.9 Å². The fourth-order valence-corrected chi connectivity index (χ4v) is 1.98. The van der Waals surface area contributed by atoms with Crippen molar-refractivity contribution in [1.29, 1.82) is 5.26 Å². The monoisotopic (exact) mass is 292 g/mol. The molecule has 0 bridgehead atoms. The molecule has 0 amide bonds. The Morgan fingerprint density at radius 1 is 1.20 bits per heavy atom. The van der Waals surface area contributed by atoms with Gasteiger partial charge in [-0.1, -0.05) is 17.7 Å². The van der Waals surface area contributed by atoms with E-state index in [4.69, 9.17) is 16.9 Å². The van der Waals surface area contributed by atoms with Gasteiger partial charge in [0, 0.05) is 17.8 Å². The Morgan fingerprint density at radius 2 is 1.95 bits per heavy atom. The summed E-state index contributed by atoms with van der Waals surface area (Å²) in [5, 5.41) is 11.9. The van der Waals surface area contributed by atoms with E-state index >= 15 is 0 Å². The van der Waals surface area contributed by atoms with Crippen LogP contribution in [0.1, 0.15) is 16.7 Å². The van der Waals surface area contributed by atoms with Crippen LogP contribution in [-0.2, 0) is 6.54 Å². The van der Waals surface area contributed by atoms with Gasteiger partial charge >= 0.3 is 0 Å². The number of benzene rings is 2. The van der Waals surface area contributed by atoms with Gasteiger partial charge in [0.2, 0.25) is 0 Å². The van der Waals surface area contributed by atoms with E-state index in [9.17, 15) is 8.78 Å². The largest absolute Gasteiger partial charge is 0.381 e. The maximum atomic E-state index is 13.6. The molecule has 102 valence electrons. The molecule has 0 aliphatic heterocycles. The number of halogens is 3. The molecule has 0 unspecified atom stereocenters. The SMILES string of the molecule is Cc1c(F)cc(C#N)cc1NCc1ccc(F)c(Cl)c1. The van der Waals surface area contributed by atoms with Gasteiger partial charge in [0.1, 0.15) is 11.6 Å². The molecular weight excluding hydrogens is 282 g/mol. The number of nitrogens with zero attached hydrogens (tertiary/aromatic N) is 1. The van der Waals surface area contributed by atoms with Gasteiger partial charge < -0.3 is 5.32 Å². The Kier molecular flexibility index (Phi) is 4.21. The maximum Gasteiger partial charge on any atom is 0.141 e. The van der Waals surface area contributed by atoms with E-state index < -0.39 is 11.6 Å². The first-order chi connectivity index (χ1) is 9.51. The van der Waals surface area contributed by atoms with E-state index in [1.165, 1.54) is 18.2 Å². The van der Waals surface area contributed by atoms with Crippen LogP contribution in [0.3, 0.4) is 0 Å². The van der Waals surface area contributed by atoms with Gasteiger partial charge in [-0.05, 0) is 36.8 Å². The first kappa shape index (κ1) is 14.3. The van der Waals surface area contributed by atoms with Crippen molar-refractivity contribution in [1.82, 2.24) is 0 Å². The van der Waals surface area contributed by atoms with Gasteiger partial charge in [0.25, 0.3) is 0 Å². The number of nitriles is 1. The summed E-state index contributed by atoms with van der Waals surface area (Å²) in [6.45, 7) is 1.98. The van der Waals surface area contributed by atoms with E-state index in [0.717, 1.165) is 5.56 Å². The smallest absolute Gasteiger partial charge is 0.141 e. The van der Waals surface area contributed by atoms with Gasteiger partial charge in [-0.25, -0.2) is 8.78 Å². The third-order valence-electron chi connectivity index (χ3n) is 2.94. The molecular formula is C15H11ClF2N2. The molecule has 1 N–H and O–H groups in total. The highest BCUT2D eigenvalue weighted by Gasteiger charge is 2.07. The van der Waals surface area contributed by atoms with Crippen molar-refractivity contribution in [2.24, 2.45) is 0 Å². The summed E-state index contributed by atoms with van der Waals surface area (Å²) in [4.78, 5) is 0. The van der Waals surface area contributed by atoms with Crippen molar-refractivity contribution in [2.75, 3.05) is 5.32 Å². The topological polar surface area (TPSA) is 35.8 Å². The molecule has 0 aliphatic carbocycles. The summed E-state index contributed by atoms with van der Waals surface area (Å²) in [5.41, 5.74) is 1.96. The average Bonchev–Trinajstić information content (AvgIpc) is 2.44. The van der Waals surface area contributed by atoms with E-state index in [1.807, 2.05) is 6.07 Å². The number of rotatable bonds is 3. The van der Waals surface area contributed by atoms with Gasteiger partial charge in [-0.3, -0.25) is 0 Å². The number of hydrogen-bond donors (Lipinski definition) is 1. The zero-order valence-corrected chi connectivity index (χ0v) is 11.4. The fourth-order valence-electron chi connectivity index (χ4n) is 1.77. The highest BCUT2D eigenvalue weighted by molar-refractivity contribution is 6.30. The van der Waals surface area contributed by atoms with Crippen LogP contribution in [-0.4, -0.2) is 0 Å². The van der Waals surface area contributed by atoms with Crippen molar-refractivity contribution in [3.05, 3.63) is 63.7 Å². The minimum atomic E-state index is -0.482. The van der Waals surface area contributed by atoms with Crippen LogP contribution < -0.4 is 5.32 Å². The minimum absolute atomic E-state index is 0.0398. The Labute approximate surface area is 120 Å². The van der Waals surface area contributed by atoms with Crippen molar-refractivity contribution >= 4 is 17.3 Å². The molecule has 0 saturated carbocycles. The number of nitrogens with one attached hydrogen (secondary N) is 1. The third-order valence-corrected chi connectivity index (χ3v) is 3.23. The molecule has 0 saturated heterocycles. The standard InChI is InChI=1S/C15H11ClF2N2/c1-9-14(18)5-11(7-19)6-15(9)20-8-10-2-3-13(17)12(16)4-10/h2-6,20H,8H2,1H3. The van der Waals surface area contributed by atoms with Crippen LogP contribution in [0.5, 0.6) is 0 Å². The second kappa shape index (κ2) is 5.89. The molecule has 0 spiro atoms. The molecule has 0 heterocycles. The first-order valence-corrected chi connectivity index (χ1v) is 6.27. The lowest BCUT2D eigenvalue weighted by Crippen LogP contribution is -2.03. The quantitative estimate of drug-likeness (QED) is 0.909. The van der Waals surface area contributed by atoms with E-state index in [-0.39, 0.29) is 10.6 Å². The highest BCUT2D eigenvalue weighted by atomic mass is 35.5. The molecule has 0 atom stereocenters. The Hall–Kier alpha value is -2.12. The predicted octanol–water partition coefficient (Wildman–Crippen LogP) is 4.41. The summed E-state index contributed by atoms with van der Waals surface area (Å²) in [6.07, 6.45) is 0. The molecule has 0 aliphatic rings. The summed E-state index contributed by atoms with van der Waals surface area (Å²) < 4.78 is 26.6. The molecule has 2 rings (SSSR count). The molecule has 2 nitrogen and oxygen atoms in total. The Morgan fingerprint density at radius 3 is 2.60 bits per heavy atom. The van der Waals surface area contributed by atoms with Crippen LogP contribution in [0.15, 0.2) is 30.3 Å².